The van der Waals surface area contributed by atoms with Gasteiger partial charge in [0.2, 0.25) is 5.95 Å². The molecule has 0 amide bonds. The second-order valence-corrected chi connectivity index (χ2v) is 5.01. The molecular formula is C13H15N7. The molecule has 0 radical (unpaired) electrons. The number of fused-ring (bicyclic) bond motifs is 1. The Kier molecular flexibility index (Phi) is 2.46. The van der Waals surface area contributed by atoms with E-state index in [1.165, 1.54) is 18.5 Å². The molecule has 1 saturated carbocycles. The molecule has 7 nitrogen and oxygen atoms in total. The van der Waals surface area contributed by atoms with Crippen molar-refractivity contribution in [2.75, 3.05) is 5.32 Å². The van der Waals surface area contributed by atoms with Crippen LogP contribution in [0.1, 0.15) is 30.3 Å². The van der Waals surface area contributed by atoms with E-state index in [0.717, 1.165) is 11.5 Å². The lowest BCUT2D eigenvalue weighted by Crippen LogP contribution is -2.09. The van der Waals surface area contributed by atoms with Crippen molar-refractivity contribution in [2.45, 2.75) is 25.3 Å². The highest BCUT2D eigenvalue weighted by atomic mass is 15.3. The summed E-state index contributed by atoms with van der Waals surface area (Å²) < 4.78 is 1.88. The maximum absolute atomic E-state index is 5.64. The molecule has 1 aliphatic carbocycles. The van der Waals surface area contributed by atoms with Gasteiger partial charge in [-0.2, -0.15) is 10.1 Å². The molecule has 4 rings (SSSR count). The Hall–Kier alpha value is -2.41. The van der Waals surface area contributed by atoms with Crippen molar-refractivity contribution >= 4 is 17.4 Å². The Morgan fingerprint density at radius 2 is 2.30 bits per heavy atom. The van der Waals surface area contributed by atoms with Crippen LogP contribution < -0.4 is 11.1 Å². The van der Waals surface area contributed by atoms with E-state index in [4.69, 9.17) is 5.73 Å². The van der Waals surface area contributed by atoms with Gasteiger partial charge in [0, 0.05) is 23.9 Å². The summed E-state index contributed by atoms with van der Waals surface area (Å²) in [5.41, 5.74) is 7.65. The summed E-state index contributed by atoms with van der Waals surface area (Å²) in [6, 6.07) is 5.89. The first-order valence-corrected chi connectivity index (χ1v) is 6.70. The van der Waals surface area contributed by atoms with Gasteiger partial charge in [0.15, 0.2) is 5.82 Å². The van der Waals surface area contributed by atoms with Gasteiger partial charge in [0.1, 0.15) is 11.5 Å². The number of rotatable bonds is 4. The van der Waals surface area contributed by atoms with Gasteiger partial charge in [-0.3, -0.25) is 9.50 Å². The lowest BCUT2D eigenvalue weighted by Gasteiger charge is -2.07. The summed E-state index contributed by atoms with van der Waals surface area (Å²) in [6.45, 7) is 0.310. The van der Waals surface area contributed by atoms with Gasteiger partial charge in [-0.15, -0.1) is 0 Å². The SMILES string of the molecule is NCc1nc(Nc2cc(C3CC3)[nH]n2)n2cccc2n1. The Morgan fingerprint density at radius 1 is 1.40 bits per heavy atom. The zero-order chi connectivity index (χ0) is 13.5. The fraction of sp³-hybridized carbons (Fsp3) is 0.308. The molecular weight excluding hydrogens is 254 g/mol. The standard InChI is InChI=1S/C13H15N7/c14-7-11-15-12-2-1-5-20(12)13(17-11)16-10-6-9(18-19-10)8-3-4-8/h1-2,5-6,8H,3-4,7,14H2,(H2,15,16,17,18,19). The highest BCUT2D eigenvalue weighted by Gasteiger charge is 2.25. The van der Waals surface area contributed by atoms with Crippen molar-refractivity contribution in [2.24, 2.45) is 5.73 Å². The number of hydrogen-bond acceptors (Lipinski definition) is 5. The Labute approximate surface area is 115 Å². The second-order valence-electron chi connectivity index (χ2n) is 5.01. The van der Waals surface area contributed by atoms with Gasteiger partial charge in [-0.1, -0.05) is 0 Å². The van der Waals surface area contributed by atoms with Gasteiger partial charge in [0.05, 0.1) is 6.54 Å². The van der Waals surface area contributed by atoms with Crippen LogP contribution in [0.15, 0.2) is 24.4 Å². The van der Waals surface area contributed by atoms with Gasteiger partial charge in [-0.05, 0) is 25.0 Å². The van der Waals surface area contributed by atoms with Crippen molar-refractivity contribution < 1.29 is 0 Å². The Morgan fingerprint density at radius 3 is 3.10 bits per heavy atom. The number of aromatic nitrogens is 5. The van der Waals surface area contributed by atoms with Crippen LogP contribution >= 0.6 is 0 Å². The number of nitrogens with zero attached hydrogens (tertiary/aromatic N) is 4. The highest BCUT2D eigenvalue weighted by molar-refractivity contribution is 5.54. The van der Waals surface area contributed by atoms with E-state index in [1.807, 2.05) is 28.8 Å². The minimum atomic E-state index is 0.310. The Bertz CT molecular complexity index is 753. The molecule has 0 unspecified atom stereocenters. The van der Waals surface area contributed by atoms with E-state index in [1.54, 1.807) is 0 Å². The van der Waals surface area contributed by atoms with Crippen LogP contribution in [0.25, 0.3) is 5.65 Å². The van der Waals surface area contributed by atoms with Gasteiger partial charge in [-0.25, -0.2) is 4.98 Å². The molecule has 102 valence electrons. The molecule has 0 bridgehead atoms. The maximum Gasteiger partial charge on any atom is 0.216 e. The molecule has 3 heterocycles. The summed E-state index contributed by atoms with van der Waals surface area (Å²) in [5.74, 6) is 2.70. The third-order valence-electron chi connectivity index (χ3n) is 3.47. The minimum absolute atomic E-state index is 0.310. The van der Waals surface area contributed by atoms with Crippen molar-refractivity contribution in [3.63, 3.8) is 0 Å². The molecule has 3 aromatic heterocycles. The number of anilines is 2. The van der Waals surface area contributed by atoms with Crippen molar-refractivity contribution in [1.82, 2.24) is 24.6 Å². The van der Waals surface area contributed by atoms with Crippen molar-refractivity contribution in [3.8, 4) is 0 Å². The predicted molar refractivity (Wildman–Crippen MR) is 74.7 cm³/mol. The van der Waals surface area contributed by atoms with Crippen LogP contribution in [-0.4, -0.2) is 24.6 Å². The van der Waals surface area contributed by atoms with Gasteiger partial charge >= 0.3 is 0 Å². The van der Waals surface area contributed by atoms with Crippen molar-refractivity contribution in [1.29, 1.82) is 0 Å². The minimum Gasteiger partial charge on any atom is -0.324 e. The van der Waals surface area contributed by atoms with Crippen LogP contribution in [0.2, 0.25) is 0 Å². The average Bonchev–Trinajstić information content (AvgIpc) is 3.02. The zero-order valence-corrected chi connectivity index (χ0v) is 10.9. The quantitative estimate of drug-likeness (QED) is 0.667. The predicted octanol–water partition coefficient (Wildman–Crippen LogP) is 1.53. The number of hydrogen-bond donors (Lipinski definition) is 3. The van der Waals surface area contributed by atoms with E-state index in [0.29, 0.717) is 24.2 Å². The summed E-state index contributed by atoms with van der Waals surface area (Å²) in [7, 11) is 0. The molecule has 0 saturated heterocycles. The van der Waals surface area contributed by atoms with Crippen LogP contribution in [-0.2, 0) is 6.54 Å². The van der Waals surface area contributed by atoms with Crippen LogP contribution in [0.4, 0.5) is 11.8 Å². The normalized spacial score (nSPS) is 14.8. The molecule has 0 atom stereocenters. The summed E-state index contributed by atoms with van der Waals surface area (Å²) in [6.07, 6.45) is 4.40. The summed E-state index contributed by atoms with van der Waals surface area (Å²) in [4.78, 5) is 8.78. The van der Waals surface area contributed by atoms with E-state index < -0.39 is 0 Å². The third-order valence-corrected chi connectivity index (χ3v) is 3.47. The molecule has 4 N–H and O–H groups in total. The zero-order valence-electron chi connectivity index (χ0n) is 10.9. The first kappa shape index (κ1) is 11.4. The van der Waals surface area contributed by atoms with E-state index in [9.17, 15) is 0 Å². The lowest BCUT2D eigenvalue weighted by molar-refractivity contribution is 0.883. The summed E-state index contributed by atoms with van der Waals surface area (Å²) in [5, 5.41) is 10.6. The van der Waals surface area contributed by atoms with E-state index in [-0.39, 0.29) is 0 Å². The maximum atomic E-state index is 5.64. The monoisotopic (exact) mass is 269 g/mol. The van der Waals surface area contributed by atoms with Crippen LogP contribution in [0.3, 0.4) is 0 Å². The van der Waals surface area contributed by atoms with E-state index in [2.05, 4.69) is 25.5 Å². The number of aromatic amines is 1. The highest BCUT2D eigenvalue weighted by Crippen LogP contribution is 2.39. The first-order valence-electron chi connectivity index (χ1n) is 6.70. The largest absolute Gasteiger partial charge is 0.324 e. The van der Waals surface area contributed by atoms with Crippen LogP contribution in [0, 0.1) is 0 Å². The molecule has 0 aliphatic heterocycles. The lowest BCUT2D eigenvalue weighted by atomic mass is 10.3. The fourth-order valence-electron chi connectivity index (χ4n) is 2.27. The molecule has 20 heavy (non-hydrogen) atoms. The molecule has 3 aromatic rings. The molecule has 7 heteroatoms. The second kappa shape index (κ2) is 4.31. The fourth-order valence-corrected chi connectivity index (χ4v) is 2.27. The molecule has 1 fully saturated rings. The summed E-state index contributed by atoms with van der Waals surface area (Å²) >= 11 is 0. The number of nitrogens with two attached hydrogens (primary N) is 1. The third kappa shape index (κ3) is 1.92. The van der Waals surface area contributed by atoms with Gasteiger partial charge in [0.25, 0.3) is 0 Å². The molecule has 0 spiro atoms. The number of H-pyrrole nitrogens is 1. The van der Waals surface area contributed by atoms with E-state index >= 15 is 0 Å². The number of nitrogens with one attached hydrogen (secondary N) is 2. The average molecular weight is 269 g/mol. The molecule has 0 aromatic carbocycles. The van der Waals surface area contributed by atoms with Gasteiger partial charge < -0.3 is 11.1 Å². The van der Waals surface area contributed by atoms with Crippen molar-refractivity contribution in [3.05, 3.63) is 35.9 Å². The Balaban J connectivity index is 1.70. The van der Waals surface area contributed by atoms with Crippen LogP contribution in [0.5, 0.6) is 0 Å². The molecule has 1 aliphatic rings. The smallest absolute Gasteiger partial charge is 0.216 e. The first-order chi connectivity index (χ1) is 9.83. The topological polar surface area (TPSA) is 96.9 Å².